The van der Waals surface area contributed by atoms with Gasteiger partial charge in [0.25, 0.3) is 5.91 Å². The maximum Gasteiger partial charge on any atom is 0.331 e. The molecule has 2 aliphatic heterocycles. The van der Waals surface area contributed by atoms with Crippen LogP contribution in [0.15, 0.2) is 16.8 Å². The highest BCUT2D eigenvalue weighted by Gasteiger charge is 2.72. The minimum absolute atomic E-state index is 0.262. The fourth-order valence-electron chi connectivity index (χ4n) is 3.31. The average molecular weight is 475 g/mol. The Morgan fingerprint density at radius 1 is 1.35 bits per heavy atom. The number of ether oxygens (including phenoxy) is 2. The number of β-lactam (4-membered cyclic amide) rings is 1. The highest BCUT2D eigenvalue weighted by atomic mass is 32.2. The highest BCUT2D eigenvalue weighted by molar-refractivity contribution is 7.99. The van der Waals surface area contributed by atoms with Gasteiger partial charge in [-0.25, -0.2) is 22.7 Å². The van der Waals surface area contributed by atoms with Crippen molar-refractivity contribution < 1.29 is 42.2 Å². The summed E-state index contributed by atoms with van der Waals surface area (Å²) in [6.45, 7) is 0.268. The van der Waals surface area contributed by atoms with Crippen LogP contribution in [0, 0.1) is 0 Å². The number of thioether (sulfide) groups is 1. The van der Waals surface area contributed by atoms with Crippen molar-refractivity contribution in [2.75, 3.05) is 19.5 Å². The molecule has 14 nitrogen and oxygen atoms in total. The Bertz CT molecular complexity index is 1100. The number of fused-ring (bicyclic) bond motifs is 1. The number of carboxylic acids is 1. The Hall–Kier alpha value is -3.01. The summed E-state index contributed by atoms with van der Waals surface area (Å²) < 4.78 is 34.9. The summed E-state index contributed by atoms with van der Waals surface area (Å²) in [5.74, 6) is -4.57. The topological polar surface area (TPSA) is 188 Å². The molecule has 1 N–H and O–H groups in total. The van der Waals surface area contributed by atoms with Crippen LogP contribution >= 0.6 is 11.8 Å². The van der Waals surface area contributed by atoms with Crippen LogP contribution in [0.4, 0.5) is 0 Å². The van der Waals surface area contributed by atoms with Crippen molar-refractivity contribution in [1.29, 1.82) is 0 Å². The Labute approximate surface area is 179 Å². The Morgan fingerprint density at radius 3 is 2.58 bits per heavy atom. The molecule has 0 bridgehead atoms. The van der Waals surface area contributed by atoms with E-state index in [1.807, 2.05) is 0 Å². The lowest BCUT2D eigenvalue weighted by atomic mass is 9.94. The van der Waals surface area contributed by atoms with Gasteiger partial charge in [-0.1, -0.05) is 11.8 Å². The number of esters is 2. The predicted molar refractivity (Wildman–Crippen MR) is 100.0 cm³/mol. The van der Waals surface area contributed by atoms with Gasteiger partial charge in [-0.05, 0) is 17.4 Å². The fraction of sp³-hybridized carbons (Fsp3) is 0.533. The standard InChI is InChI=1S/C15H17N5O9S2/c1-15(6-29-9(22)5-30-14-16-17-18-19(14)2)10(13(24)25)20-11(23)7(4-8(21)28-3)12(20)31(15,26)27/h4,10,12H,5-6H2,1-3H3,(H,24,25)/b7-4-/t10-,12?,15-/m0/s1. The number of methoxy groups -OCH3 is 1. The van der Waals surface area contributed by atoms with E-state index in [0.29, 0.717) is 16.1 Å². The molecule has 3 heterocycles. The predicted octanol–water partition coefficient (Wildman–Crippen LogP) is -2.25. The summed E-state index contributed by atoms with van der Waals surface area (Å²) in [6.07, 6.45) is 0.712. The van der Waals surface area contributed by atoms with Crippen molar-refractivity contribution in [3.63, 3.8) is 0 Å². The van der Waals surface area contributed by atoms with Crippen molar-refractivity contribution in [3.05, 3.63) is 11.6 Å². The number of carbonyl (C=O) groups is 4. The van der Waals surface area contributed by atoms with Crippen LogP contribution in [0.25, 0.3) is 0 Å². The first-order valence-corrected chi connectivity index (χ1v) is 11.1. The third kappa shape index (κ3) is 3.54. The SMILES string of the molecule is COC(=O)/C=C1/C(=O)N2C1S(=O)(=O)[C@@](C)(COC(=O)CSc1nnnn1C)[C@@H]2C(=O)O. The summed E-state index contributed by atoms with van der Waals surface area (Å²) in [4.78, 5) is 48.5. The summed E-state index contributed by atoms with van der Waals surface area (Å²) in [6, 6.07) is -1.81. The maximum absolute atomic E-state index is 13.1. The van der Waals surface area contributed by atoms with Gasteiger partial charge in [0.15, 0.2) is 21.3 Å². The molecule has 1 aromatic rings. The summed E-state index contributed by atoms with van der Waals surface area (Å²) in [5, 5.41) is 18.9. The van der Waals surface area contributed by atoms with Crippen LogP contribution < -0.4 is 0 Å². The first-order valence-electron chi connectivity index (χ1n) is 8.55. The Kier molecular flexibility index (Phi) is 5.79. The van der Waals surface area contributed by atoms with E-state index in [0.717, 1.165) is 25.8 Å². The van der Waals surface area contributed by atoms with Crippen LogP contribution in [0.5, 0.6) is 0 Å². The molecule has 31 heavy (non-hydrogen) atoms. The van der Waals surface area contributed by atoms with Gasteiger partial charge in [0.05, 0.1) is 18.4 Å². The number of hydrogen-bond acceptors (Lipinski definition) is 12. The molecule has 1 aromatic heterocycles. The number of aliphatic carboxylic acids is 1. The smallest absolute Gasteiger partial charge is 0.331 e. The molecule has 16 heteroatoms. The third-order valence-electron chi connectivity index (χ3n) is 4.93. The minimum atomic E-state index is -4.39. The fourth-order valence-corrected chi connectivity index (χ4v) is 6.24. The van der Waals surface area contributed by atoms with Crippen molar-refractivity contribution in [2.45, 2.75) is 28.2 Å². The molecule has 2 aliphatic rings. The van der Waals surface area contributed by atoms with E-state index in [-0.39, 0.29) is 5.75 Å². The van der Waals surface area contributed by atoms with Gasteiger partial charge in [-0.3, -0.25) is 9.59 Å². The molecule has 2 saturated heterocycles. The van der Waals surface area contributed by atoms with E-state index in [1.54, 1.807) is 7.05 Å². The van der Waals surface area contributed by atoms with Crippen molar-refractivity contribution in [3.8, 4) is 0 Å². The molecule has 1 unspecified atom stereocenters. The van der Waals surface area contributed by atoms with Gasteiger partial charge in [0.1, 0.15) is 11.4 Å². The lowest BCUT2D eigenvalue weighted by molar-refractivity contribution is -0.155. The lowest BCUT2D eigenvalue weighted by Crippen LogP contribution is -2.59. The van der Waals surface area contributed by atoms with Crippen LogP contribution in [0.3, 0.4) is 0 Å². The molecular weight excluding hydrogens is 458 g/mol. The molecule has 168 valence electrons. The number of amides is 1. The molecule has 0 spiro atoms. The Morgan fingerprint density at radius 2 is 2.03 bits per heavy atom. The quantitative estimate of drug-likeness (QED) is 0.193. The number of sulfone groups is 1. The van der Waals surface area contributed by atoms with E-state index >= 15 is 0 Å². The van der Waals surface area contributed by atoms with Crippen LogP contribution in [-0.2, 0) is 45.5 Å². The molecule has 0 aliphatic carbocycles. The molecular formula is C15H17N5O9S2. The van der Waals surface area contributed by atoms with Crippen LogP contribution in [0.2, 0.25) is 0 Å². The Balaban J connectivity index is 1.81. The van der Waals surface area contributed by atoms with E-state index in [9.17, 15) is 32.7 Å². The number of aromatic nitrogens is 4. The highest BCUT2D eigenvalue weighted by Crippen LogP contribution is 2.48. The van der Waals surface area contributed by atoms with Gasteiger partial charge in [0, 0.05) is 13.1 Å². The zero-order valence-corrected chi connectivity index (χ0v) is 18.0. The molecule has 3 atom stereocenters. The monoisotopic (exact) mass is 475 g/mol. The number of nitrogens with zero attached hydrogens (tertiary/aromatic N) is 5. The number of carboxylic acid groups (broad SMARTS) is 1. The minimum Gasteiger partial charge on any atom is -0.480 e. The molecule has 0 saturated carbocycles. The summed E-state index contributed by atoms with van der Waals surface area (Å²) in [7, 11) is -1.79. The molecule has 3 rings (SSSR count). The summed E-state index contributed by atoms with van der Waals surface area (Å²) in [5.41, 5.74) is -0.404. The second-order valence-electron chi connectivity index (χ2n) is 6.82. The molecule has 2 fully saturated rings. The number of carbonyl (C=O) groups excluding carboxylic acids is 3. The second kappa shape index (κ2) is 7.92. The average Bonchev–Trinajstić information content (AvgIpc) is 3.18. The van der Waals surface area contributed by atoms with E-state index in [4.69, 9.17) is 4.74 Å². The van der Waals surface area contributed by atoms with Gasteiger partial charge < -0.3 is 19.5 Å². The first kappa shape index (κ1) is 22.7. The maximum atomic E-state index is 13.1. The second-order valence-corrected chi connectivity index (χ2v) is 10.2. The number of tetrazole rings is 1. The van der Waals surface area contributed by atoms with Crippen molar-refractivity contribution in [2.24, 2.45) is 7.05 Å². The number of rotatable bonds is 7. The normalized spacial score (nSPS) is 27.5. The van der Waals surface area contributed by atoms with Gasteiger partial charge >= 0.3 is 17.9 Å². The van der Waals surface area contributed by atoms with E-state index < -0.39 is 62.0 Å². The van der Waals surface area contributed by atoms with Gasteiger partial charge in [-0.2, -0.15) is 0 Å². The van der Waals surface area contributed by atoms with Crippen molar-refractivity contribution in [1.82, 2.24) is 25.1 Å². The first-order chi connectivity index (χ1) is 14.5. The lowest BCUT2D eigenvalue weighted by Gasteiger charge is -2.37. The van der Waals surface area contributed by atoms with E-state index in [2.05, 4.69) is 20.3 Å². The van der Waals surface area contributed by atoms with E-state index in [1.165, 1.54) is 4.68 Å². The molecule has 0 aromatic carbocycles. The van der Waals surface area contributed by atoms with Gasteiger partial charge in [0.2, 0.25) is 5.16 Å². The van der Waals surface area contributed by atoms with Crippen LogP contribution in [0.1, 0.15) is 6.92 Å². The van der Waals surface area contributed by atoms with Crippen molar-refractivity contribution >= 4 is 45.4 Å². The third-order valence-corrected chi connectivity index (χ3v) is 8.62. The zero-order chi connectivity index (χ0) is 23.1. The largest absolute Gasteiger partial charge is 0.480 e. The molecule has 1 amide bonds. The van der Waals surface area contributed by atoms with Gasteiger partial charge in [-0.15, -0.1) is 5.10 Å². The molecule has 0 radical (unpaired) electrons. The number of hydrogen-bond donors (Lipinski definition) is 1. The summed E-state index contributed by atoms with van der Waals surface area (Å²) >= 11 is 0.935. The van der Waals surface area contributed by atoms with Crippen LogP contribution in [-0.4, -0.2) is 98.1 Å². The zero-order valence-electron chi connectivity index (χ0n) is 16.4. The number of aryl methyl sites for hydroxylation is 1.